The molecule has 1 aromatic heterocycles. The Hall–Kier alpha value is 0.170. The summed E-state index contributed by atoms with van der Waals surface area (Å²) in [5.41, 5.74) is 2.52. The molecule has 0 aliphatic rings. The maximum atomic E-state index is 4.62. The van der Waals surface area contributed by atoms with E-state index in [9.17, 15) is 0 Å². The molecule has 0 N–H and O–H groups in total. The first-order valence-electron chi connectivity index (χ1n) is 6.39. The molecule has 0 spiro atoms. The molecule has 0 bridgehead atoms. The summed E-state index contributed by atoms with van der Waals surface area (Å²) < 4.78 is 3.34. The Morgan fingerprint density at radius 3 is 2.41 bits per heavy atom. The minimum atomic E-state index is 0.583. The van der Waals surface area contributed by atoms with E-state index in [1.807, 2.05) is 0 Å². The van der Waals surface area contributed by atoms with Gasteiger partial charge in [0, 0.05) is 11.4 Å². The molecule has 4 heteroatoms. The predicted octanol–water partition coefficient (Wildman–Crippen LogP) is 4.58. The van der Waals surface area contributed by atoms with Crippen LogP contribution in [0, 0.1) is 5.92 Å². The van der Waals surface area contributed by atoms with Gasteiger partial charge >= 0.3 is 0 Å². The summed E-state index contributed by atoms with van der Waals surface area (Å²) in [6.45, 7) is 9.75. The molecular weight excluding hydrogens is 344 g/mol. The van der Waals surface area contributed by atoms with Crippen molar-refractivity contribution >= 4 is 31.9 Å². The summed E-state index contributed by atoms with van der Waals surface area (Å²) in [5.74, 6) is 0.678. The van der Waals surface area contributed by atoms with Crippen LogP contribution in [0.25, 0.3) is 0 Å². The van der Waals surface area contributed by atoms with Gasteiger partial charge in [-0.15, -0.1) is 0 Å². The lowest BCUT2D eigenvalue weighted by atomic mass is 10.0. The number of halogens is 2. The molecule has 0 saturated carbocycles. The van der Waals surface area contributed by atoms with E-state index in [1.165, 1.54) is 15.9 Å². The Morgan fingerprint density at radius 2 is 1.94 bits per heavy atom. The van der Waals surface area contributed by atoms with Gasteiger partial charge in [-0.2, -0.15) is 5.10 Å². The van der Waals surface area contributed by atoms with Gasteiger partial charge in [0.2, 0.25) is 0 Å². The van der Waals surface area contributed by atoms with Gasteiger partial charge in [0.05, 0.1) is 15.9 Å². The molecule has 1 heterocycles. The highest BCUT2D eigenvalue weighted by Crippen LogP contribution is 2.26. The summed E-state index contributed by atoms with van der Waals surface area (Å²) in [4.78, 5) is 0.583. The van der Waals surface area contributed by atoms with E-state index in [-0.39, 0.29) is 0 Å². The Balaban J connectivity index is 2.79. The van der Waals surface area contributed by atoms with Gasteiger partial charge in [-0.1, -0.05) is 36.7 Å². The quantitative estimate of drug-likeness (QED) is 0.674. The Bertz CT molecular complexity index is 359. The molecule has 2 nitrogen and oxygen atoms in total. The second-order valence-corrected chi connectivity index (χ2v) is 6.64. The fourth-order valence-electron chi connectivity index (χ4n) is 1.86. The highest BCUT2D eigenvalue weighted by atomic mass is 79.9. The van der Waals surface area contributed by atoms with Gasteiger partial charge in [0.1, 0.15) is 0 Å². The fraction of sp³-hybridized carbons (Fsp3) is 0.769. The maximum absolute atomic E-state index is 4.62. The van der Waals surface area contributed by atoms with Gasteiger partial charge < -0.3 is 0 Å². The van der Waals surface area contributed by atoms with Crippen molar-refractivity contribution in [2.45, 2.75) is 58.3 Å². The molecule has 98 valence electrons. The smallest absolute Gasteiger partial charge is 0.0766 e. The molecule has 0 saturated heterocycles. The molecule has 1 rings (SSSR count). The lowest BCUT2D eigenvalue weighted by Crippen LogP contribution is -2.11. The van der Waals surface area contributed by atoms with Crippen LogP contribution in [0.2, 0.25) is 0 Å². The normalized spacial score (nSPS) is 13.4. The number of hydrogen-bond acceptors (Lipinski definition) is 1. The van der Waals surface area contributed by atoms with Crippen molar-refractivity contribution in [3.63, 3.8) is 0 Å². The van der Waals surface area contributed by atoms with Crippen molar-refractivity contribution in [3.05, 3.63) is 15.9 Å². The molecule has 1 unspecified atom stereocenters. The topological polar surface area (TPSA) is 17.8 Å². The van der Waals surface area contributed by atoms with Crippen molar-refractivity contribution in [1.82, 2.24) is 9.78 Å². The Morgan fingerprint density at radius 1 is 1.29 bits per heavy atom. The van der Waals surface area contributed by atoms with E-state index >= 15 is 0 Å². The molecule has 0 radical (unpaired) electrons. The van der Waals surface area contributed by atoms with Crippen LogP contribution < -0.4 is 0 Å². The number of aromatic nitrogens is 2. The molecule has 1 aromatic rings. The van der Waals surface area contributed by atoms with Gasteiger partial charge in [0.15, 0.2) is 0 Å². The Kier molecular flexibility index (Phi) is 6.21. The SMILES string of the molecule is CCc1nn(CC)c(CCC(Br)C(C)C)c1Br. The minimum absolute atomic E-state index is 0.583. The van der Waals surface area contributed by atoms with Gasteiger partial charge in [-0.3, -0.25) is 4.68 Å². The predicted molar refractivity (Wildman–Crippen MR) is 80.9 cm³/mol. The molecule has 1 atom stereocenters. The van der Waals surface area contributed by atoms with E-state index in [0.717, 1.165) is 25.8 Å². The van der Waals surface area contributed by atoms with Crippen LogP contribution >= 0.6 is 31.9 Å². The summed E-state index contributed by atoms with van der Waals surface area (Å²) >= 11 is 7.44. The van der Waals surface area contributed by atoms with Crippen LogP contribution in [0.3, 0.4) is 0 Å². The Labute approximate surface area is 121 Å². The lowest BCUT2D eigenvalue weighted by Gasteiger charge is -2.14. The first kappa shape index (κ1) is 15.2. The van der Waals surface area contributed by atoms with E-state index in [1.54, 1.807) is 0 Å². The molecule has 0 aliphatic carbocycles. The second-order valence-electron chi connectivity index (χ2n) is 4.68. The molecule has 0 amide bonds. The average Bonchev–Trinajstić information content (AvgIpc) is 2.62. The summed E-state index contributed by atoms with van der Waals surface area (Å²) in [6.07, 6.45) is 3.23. The van der Waals surface area contributed by atoms with Gasteiger partial charge in [0.25, 0.3) is 0 Å². The third kappa shape index (κ3) is 3.82. The van der Waals surface area contributed by atoms with Crippen molar-refractivity contribution < 1.29 is 0 Å². The van der Waals surface area contributed by atoms with E-state index in [2.05, 4.69) is 69.3 Å². The van der Waals surface area contributed by atoms with E-state index in [4.69, 9.17) is 0 Å². The zero-order valence-corrected chi connectivity index (χ0v) is 14.3. The number of rotatable bonds is 6. The largest absolute Gasteiger partial charge is 0.268 e. The molecule has 0 aromatic carbocycles. The second kappa shape index (κ2) is 6.93. The third-order valence-corrected chi connectivity index (χ3v) is 5.50. The van der Waals surface area contributed by atoms with Crippen LogP contribution in [-0.4, -0.2) is 14.6 Å². The summed E-state index contributed by atoms with van der Waals surface area (Å²) in [5, 5.41) is 4.62. The van der Waals surface area contributed by atoms with Crippen molar-refractivity contribution in [1.29, 1.82) is 0 Å². The minimum Gasteiger partial charge on any atom is -0.268 e. The van der Waals surface area contributed by atoms with E-state index in [0.29, 0.717) is 10.7 Å². The van der Waals surface area contributed by atoms with Gasteiger partial charge in [-0.25, -0.2) is 0 Å². The van der Waals surface area contributed by atoms with E-state index < -0.39 is 0 Å². The van der Waals surface area contributed by atoms with Crippen molar-refractivity contribution in [3.8, 4) is 0 Å². The number of alkyl halides is 1. The van der Waals surface area contributed by atoms with Crippen molar-refractivity contribution in [2.24, 2.45) is 5.92 Å². The highest BCUT2D eigenvalue weighted by molar-refractivity contribution is 9.10. The zero-order chi connectivity index (χ0) is 13.0. The monoisotopic (exact) mass is 364 g/mol. The van der Waals surface area contributed by atoms with Crippen LogP contribution in [0.15, 0.2) is 4.47 Å². The third-order valence-electron chi connectivity index (χ3n) is 3.07. The molecule has 0 fully saturated rings. The summed E-state index contributed by atoms with van der Waals surface area (Å²) in [7, 11) is 0. The number of aryl methyl sites for hydroxylation is 2. The maximum Gasteiger partial charge on any atom is 0.0766 e. The zero-order valence-electron chi connectivity index (χ0n) is 11.1. The fourth-order valence-corrected chi connectivity index (χ4v) is 2.86. The van der Waals surface area contributed by atoms with Crippen LogP contribution in [0.5, 0.6) is 0 Å². The highest BCUT2D eigenvalue weighted by Gasteiger charge is 2.16. The van der Waals surface area contributed by atoms with Crippen molar-refractivity contribution in [2.75, 3.05) is 0 Å². The number of hydrogen-bond donors (Lipinski definition) is 0. The summed E-state index contributed by atoms with van der Waals surface area (Å²) in [6, 6.07) is 0. The van der Waals surface area contributed by atoms with Gasteiger partial charge in [-0.05, 0) is 48.0 Å². The lowest BCUT2D eigenvalue weighted by molar-refractivity contribution is 0.553. The average molecular weight is 366 g/mol. The first-order chi connectivity index (χ1) is 8.01. The standard InChI is InChI=1S/C13H22Br2N2/c1-5-11-13(15)12(17(6-2)16-11)8-7-10(14)9(3)4/h9-10H,5-8H2,1-4H3. The number of nitrogens with zero attached hydrogens (tertiary/aromatic N) is 2. The van der Waals surface area contributed by atoms with Crippen LogP contribution in [0.4, 0.5) is 0 Å². The van der Waals surface area contributed by atoms with Crippen LogP contribution in [0.1, 0.15) is 45.5 Å². The molecular formula is C13H22Br2N2. The molecule has 0 aliphatic heterocycles. The van der Waals surface area contributed by atoms with Crippen LogP contribution in [-0.2, 0) is 19.4 Å². The first-order valence-corrected chi connectivity index (χ1v) is 8.10. The molecule has 17 heavy (non-hydrogen) atoms.